The third kappa shape index (κ3) is 2.52. The molecule has 0 bridgehead atoms. The smallest absolute Gasteiger partial charge is 0.180 e. The van der Waals surface area contributed by atoms with Gasteiger partial charge in [0.2, 0.25) is 0 Å². The van der Waals surface area contributed by atoms with Crippen LogP contribution in [0.2, 0.25) is 0 Å². The molecule has 0 saturated carbocycles. The van der Waals surface area contributed by atoms with Gasteiger partial charge in [-0.15, -0.1) is 0 Å². The molecule has 0 radical (unpaired) electrons. The monoisotopic (exact) mass is 324 g/mol. The molecule has 2 heteroatoms. The Labute approximate surface area is 126 Å². The second kappa shape index (κ2) is 5.59. The first kappa shape index (κ1) is 13.1. The number of Topliss-reactive ketones (excluding diaryl/α,β-unsaturated/α-hetero) is 1. The maximum absolute atomic E-state index is 12.4. The molecule has 3 rings (SSSR count). The van der Waals surface area contributed by atoms with E-state index in [0.29, 0.717) is 0 Å². The van der Waals surface area contributed by atoms with Crippen LogP contribution in [-0.2, 0) is 0 Å². The van der Waals surface area contributed by atoms with Crippen LogP contribution in [0.25, 0.3) is 10.8 Å². The van der Waals surface area contributed by atoms with Crippen molar-refractivity contribution >= 4 is 32.5 Å². The minimum absolute atomic E-state index is 0.0841. The molecule has 3 aromatic rings. The fraction of sp³-hybridized carbons (Fsp3) is 0.0556. The molecule has 0 saturated heterocycles. The van der Waals surface area contributed by atoms with E-state index < -0.39 is 0 Å². The van der Waals surface area contributed by atoms with Crippen LogP contribution < -0.4 is 0 Å². The Kier molecular flexibility index (Phi) is 3.66. The number of carbonyl (C=O) groups excluding carboxylic acids is 1. The van der Waals surface area contributed by atoms with Crippen molar-refractivity contribution in [2.75, 3.05) is 0 Å². The van der Waals surface area contributed by atoms with Crippen molar-refractivity contribution in [2.45, 2.75) is 4.83 Å². The van der Waals surface area contributed by atoms with Gasteiger partial charge < -0.3 is 0 Å². The fourth-order valence-corrected chi connectivity index (χ4v) is 2.81. The molecule has 0 fully saturated rings. The number of halogens is 1. The van der Waals surface area contributed by atoms with Crippen molar-refractivity contribution in [1.82, 2.24) is 0 Å². The van der Waals surface area contributed by atoms with Crippen LogP contribution in [0.1, 0.15) is 20.7 Å². The fourth-order valence-electron chi connectivity index (χ4n) is 2.27. The first-order valence-electron chi connectivity index (χ1n) is 6.48. The average molecular weight is 325 g/mol. The van der Waals surface area contributed by atoms with Crippen molar-refractivity contribution < 1.29 is 4.79 Å². The summed E-state index contributed by atoms with van der Waals surface area (Å²) in [5, 5.41) is 2.33. The number of carbonyl (C=O) groups is 1. The van der Waals surface area contributed by atoms with Crippen LogP contribution in [0.15, 0.2) is 72.8 Å². The van der Waals surface area contributed by atoms with Crippen LogP contribution in [0.5, 0.6) is 0 Å². The highest BCUT2D eigenvalue weighted by Crippen LogP contribution is 2.29. The highest BCUT2D eigenvalue weighted by atomic mass is 79.9. The van der Waals surface area contributed by atoms with E-state index in [4.69, 9.17) is 0 Å². The summed E-state index contributed by atoms with van der Waals surface area (Å²) >= 11 is 3.52. The van der Waals surface area contributed by atoms with Gasteiger partial charge in [0.15, 0.2) is 5.78 Å². The number of ketones is 1. The lowest BCUT2D eigenvalue weighted by Gasteiger charge is -2.10. The molecule has 20 heavy (non-hydrogen) atoms. The van der Waals surface area contributed by atoms with Gasteiger partial charge in [0, 0.05) is 5.56 Å². The molecule has 0 aliphatic carbocycles. The zero-order chi connectivity index (χ0) is 13.9. The minimum Gasteiger partial charge on any atom is -0.293 e. The van der Waals surface area contributed by atoms with E-state index in [1.807, 2.05) is 48.5 Å². The van der Waals surface area contributed by atoms with Gasteiger partial charge in [-0.25, -0.2) is 0 Å². The molecule has 1 nitrogen and oxygen atoms in total. The predicted molar refractivity (Wildman–Crippen MR) is 86.4 cm³/mol. The van der Waals surface area contributed by atoms with E-state index in [0.717, 1.165) is 16.5 Å². The minimum atomic E-state index is -0.311. The number of rotatable bonds is 3. The summed E-state index contributed by atoms with van der Waals surface area (Å²) in [5.74, 6) is 0.0841. The second-order valence-corrected chi connectivity index (χ2v) is 5.62. The molecule has 1 atom stereocenters. The summed E-state index contributed by atoms with van der Waals surface area (Å²) in [6, 6.07) is 23.6. The standard InChI is InChI=1S/C18H13BrO/c19-17(18(20)14-7-2-1-3-8-14)16-11-10-13-6-4-5-9-15(13)12-16/h1-12,17H. The highest BCUT2D eigenvalue weighted by molar-refractivity contribution is 9.09. The maximum Gasteiger partial charge on any atom is 0.180 e. The molecule has 0 spiro atoms. The van der Waals surface area contributed by atoms with Crippen LogP contribution in [0, 0.1) is 0 Å². The quantitative estimate of drug-likeness (QED) is 0.480. The molecular formula is C18H13BrO. The zero-order valence-corrected chi connectivity index (χ0v) is 12.4. The van der Waals surface area contributed by atoms with Gasteiger partial charge in [0.1, 0.15) is 4.83 Å². The van der Waals surface area contributed by atoms with Gasteiger partial charge in [-0.3, -0.25) is 4.79 Å². The molecule has 0 heterocycles. The molecule has 98 valence electrons. The number of hydrogen-bond donors (Lipinski definition) is 0. The van der Waals surface area contributed by atoms with E-state index in [-0.39, 0.29) is 10.6 Å². The molecule has 1 unspecified atom stereocenters. The van der Waals surface area contributed by atoms with Gasteiger partial charge in [0.05, 0.1) is 0 Å². The summed E-state index contributed by atoms with van der Waals surface area (Å²) < 4.78 is 0. The van der Waals surface area contributed by atoms with Crippen molar-refractivity contribution in [1.29, 1.82) is 0 Å². The SMILES string of the molecule is O=C(c1ccccc1)C(Br)c1ccc2ccccc2c1. The van der Waals surface area contributed by atoms with Gasteiger partial charge in [-0.1, -0.05) is 82.7 Å². The molecule has 0 N–H and O–H groups in total. The van der Waals surface area contributed by atoms with Crippen LogP contribution >= 0.6 is 15.9 Å². The normalized spacial score (nSPS) is 12.2. The second-order valence-electron chi connectivity index (χ2n) is 4.70. The molecule has 0 aromatic heterocycles. The lowest BCUT2D eigenvalue weighted by atomic mass is 10.00. The number of fused-ring (bicyclic) bond motifs is 1. The number of alkyl halides is 1. The zero-order valence-electron chi connectivity index (χ0n) is 10.8. The van der Waals surface area contributed by atoms with E-state index in [2.05, 4.69) is 40.2 Å². The summed E-state index contributed by atoms with van der Waals surface area (Å²) in [7, 11) is 0. The van der Waals surface area contributed by atoms with Gasteiger partial charge in [0.25, 0.3) is 0 Å². The Balaban J connectivity index is 1.96. The Morgan fingerprint density at radius 2 is 1.45 bits per heavy atom. The Hall–Kier alpha value is -1.93. The summed E-state index contributed by atoms with van der Waals surface area (Å²) in [5.41, 5.74) is 1.71. The number of benzene rings is 3. The third-order valence-corrected chi connectivity index (χ3v) is 4.30. The topological polar surface area (TPSA) is 17.1 Å². The average Bonchev–Trinajstić information content (AvgIpc) is 2.54. The van der Waals surface area contributed by atoms with Crippen molar-refractivity contribution in [3.8, 4) is 0 Å². The summed E-state index contributed by atoms with van der Waals surface area (Å²) in [6.45, 7) is 0. The Morgan fingerprint density at radius 1 is 0.800 bits per heavy atom. The van der Waals surface area contributed by atoms with Crippen molar-refractivity contribution in [3.63, 3.8) is 0 Å². The predicted octanol–water partition coefficient (Wildman–Crippen LogP) is 5.16. The Bertz CT molecular complexity index is 749. The number of hydrogen-bond acceptors (Lipinski definition) is 1. The van der Waals surface area contributed by atoms with Crippen LogP contribution in [0.3, 0.4) is 0 Å². The van der Waals surface area contributed by atoms with Crippen molar-refractivity contribution in [2.24, 2.45) is 0 Å². The molecule has 3 aromatic carbocycles. The van der Waals surface area contributed by atoms with E-state index in [1.54, 1.807) is 0 Å². The largest absolute Gasteiger partial charge is 0.293 e. The molecule has 0 aliphatic heterocycles. The summed E-state index contributed by atoms with van der Waals surface area (Å²) in [6.07, 6.45) is 0. The van der Waals surface area contributed by atoms with E-state index in [1.165, 1.54) is 5.39 Å². The lowest BCUT2D eigenvalue weighted by molar-refractivity contribution is 0.0991. The lowest BCUT2D eigenvalue weighted by Crippen LogP contribution is -2.06. The maximum atomic E-state index is 12.4. The van der Waals surface area contributed by atoms with E-state index in [9.17, 15) is 4.79 Å². The van der Waals surface area contributed by atoms with Crippen LogP contribution in [-0.4, -0.2) is 5.78 Å². The van der Waals surface area contributed by atoms with Gasteiger partial charge in [-0.05, 0) is 22.4 Å². The first-order valence-corrected chi connectivity index (χ1v) is 7.39. The van der Waals surface area contributed by atoms with Crippen molar-refractivity contribution in [3.05, 3.63) is 83.9 Å². The third-order valence-electron chi connectivity index (χ3n) is 3.35. The highest BCUT2D eigenvalue weighted by Gasteiger charge is 2.18. The van der Waals surface area contributed by atoms with E-state index >= 15 is 0 Å². The molecule has 0 aliphatic rings. The summed E-state index contributed by atoms with van der Waals surface area (Å²) in [4.78, 5) is 12.1. The first-order chi connectivity index (χ1) is 9.75. The Morgan fingerprint density at radius 3 is 2.20 bits per heavy atom. The van der Waals surface area contributed by atoms with Gasteiger partial charge >= 0.3 is 0 Å². The van der Waals surface area contributed by atoms with Crippen LogP contribution in [0.4, 0.5) is 0 Å². The molecular weight excluding hydrogens is 312 g/mol. The van der Waals surface area contributed by atoms with Gasteiger partial charge in [-0.2, -0.15) is 0 Å². The molecule has 0 amide bonds.